The number of aromatic hydroxyl groups is 1. The summed E-state index contributed by atoms with van der Waals surface area (Å²) < 4.78 is 6.15. The Kier molecular flexibility index (Phi) is 2.75. The normalized spacial score (nSPS) is 43.6. The summed E-state index contributed by atoms with van der Waals surface area (Å²) in [4.78, 5) is 15.2. The maximum Gasteiger partial charge on any atom is 0.338 e. The molecule has 5 heteroatoms. The van der Waals surface area contributed by atoms with E-state index in [0.29, 0.717) is 12.8 Å². The fourth-order valence-corrected chi connectivity index (χ4v) is 6.59. The van der Waals surface area contributed by atoms with Crippen LogP contribution in [0.25, 0.3) is 0 Å². The molecular formula is C21H25NO4. The molecule has 1 unspecified atom stereocenters. The predicted molar refractivity (Wildman–Crippen MR) is 93.8 cm³/mol. The first-order valence-corrected chi connectivity index (χ1v) is 9.98. The van der Waals surface area contributed by atoms with Gasteiger partial charge >= 0.3 is 5.97 Å². The van der Waals surface area contributed by atoms with Crippen molar-refractivity contribution in [1.29, 1.82) is 0 Å². The van der Waals surface area contributed by atoms with Gasteiger partial charge in [-0.05, 0) is 74.2 Å². The van der Waals surface area contributed by atoms with E-state index in [0.717, 1.165) is 43.8 Å². The third-order valence-corrected chi connectivity index (χ3v) is 7.99. The molecule has 4 atom stereocenters. The number of nitrogens with zero attached hydrogens (tertiary/aromatic N) is 1. The highest BCUT2D eigenvalue weighted by molar-refractivity contribution is 5.83. The molecule has 3 saturated heterocycles. The second kappa shape index (κ2) is 4.63. The zero-order valence-electron chi connectivity index (χ0n) is 14.9. The number of carbonyl (C=O) groups is 1. The van der Waals surface area contributed by atoms with Gasteiger partial charge in [0, 0.05) is 18.4 Å². The van der Waals surface area contributed by atoms with Crippen molar-refractivity contribution >= 4 is 5.97 Å². The van der Waals surface area contributed by atoms with E-state index in [2.05, 4.69) is 4.90 Å². The number of likely N-dealkylation sites (tertiary alicyclic amines) is 1. The van der Waals surface area contributed by atoms with E-state index in [9.17, 15) is 15.0 Å². The minimum atomic E-state index is -1.37. The number of carbonyl (C=O) groups excluding carboxylic acids is 1. The number of aliphatic hydroxyl groups is 1. The van der Waals surface area contributed by atoms with Gasteiger partial charge in [-0.25, -0.2) is 4.79 Å². The standard InChI is InChI=1S/C21H25NO4/c23-15-4-3-14-9-17-21-6-5-20(25,18(24)26-21)12-19(21,16(14)10-15)7-8-22(17)11-13-1-2-13/h3-4,10,13,17,23,25H,1-2,5-9,11-12H2/t17-,19?,20+,21-/m1/s1. The van der Waals surface area contributed by atoms with Crippen molar-refractivity contribution in [2.75, 3.05) is 13.1 Å². The Bertz CT molecular complexity index is 820. The summed E-state index contributed by atoms with van der Waals surface area (Å²) in [6.07, 6.45) is 6.00. The molecule has 2 N–H and O–H groups in total. The van der Waals surface area contributed by atoms with Crippen LogP contribution < -0.4 is 0 Å². The van der Waals surface area contributed by atoms with Gasteiger partial charge in [-0.15, -0.1) is 0 Å². The quantitative estimate of drug-likeness (QED) is 0.793. The topological polar surface area (TPSA) is 70.0 Å². The number of piperidine rings is 1. The van der Waals surface area contributed by atoms with Crippen molar-refractivity contribution in [2.24, 2.45) is 5.92 Å². The number of benzene rings is 1. The zero-order valence-corrected chi connectivity index (χ0v) is 14.9. The number of hydrogen-bond donors (Lipinski definition) is 2. The first-order chi connectivity index (χ1) is 12.5. The van der Waals surface area contributed by atoms with Crippen LogP contribution in [0.2, 0.25) is 0 Å². The van der Waals surface area contributed by atoms with Crippen LogP contribution in [0.15, 0.2) is 18.2 Å². The van der Waals surface area contributed by atoms with Crippen molar-refractivity contribution in [3.63, 3.8) is 0 Å². The minimum absolute atomic E-state index is 0.183. The number of rotatable bonds is 2. The van der Waals surface area contributed by atoms with Crippen molar-refractivity contribution in [2.45, 2.75) is 67.6 Å². The smallest absolute Gasteiger partial charge is 0.338 e. The molecule has 138 valence electrons. The van der Waals surface area contributed by atoms with Crippen LogP contribution in [0.5, 0.6) is 5.75 Å². The van der Waals surface area contributed by atoms with E-state index in [-0.39, 0.29) is 17.2 Å². The van der Waals surface area contributed by atoms with Gasteiger partial charge in [-0.1, -0.05) is 6.07 Å². The summed E-state index contributed by atoms with van der Waals surface area (Å²) in [5.41, 5.74) is 0.0509. The lowest BCUT2D eigenvalue weighted by molar-refractivity contribution is -0.272. The molecule has 3 heterocycles. The number of ether oxygens (including phenoxy) is 1. The second-order valence-electron chi connectivity index (χ2n) is 9.32. The van der Waals surface area contributed by atoms with Gasteiger partial charge in [-0.2, -0.15) is 0 Å². The lowest BCUT2D eigenvalue weighted by Crippen LogP contribution is -2.80. The maximum absolute atomic E-state index is 12.6. The average molecular weight is 355 g/mol. The van der Waals surface area contributed by atoms with Gasteiger partial charge in [0.1, 0.15) is 11.4 Å². The molecule has 0 amide bonds. The highest BCUT2D eigenvalue weighted by Crippen LogP contribution is 2.65. The van der Waals surface area contributed by atoms with Gasteiger partial charge in [-0.3, -0.25) is 4.90 Å². The fraction of sp³-hybridized carbons (Fsp3) is 0.667. The third-order valence-electron chi connectivity index (χ3n) is 7.99. The molecule has 1 spiro atoms. The SMILES string of the molecule is O=C1O[C@@]23CC[C@]1(O)CC21CCN(CC2CC2)[C@@H]3Cc2ccc(O)cc21. The maximum atomic E-state index is 12.6. The van der Waals surface area contributed by atoms with Crippen LogP contribution in [0.3, 0.4) is 0 Å². The summed E-state index contributed by atoms with van der Waals surface area (Å²) in [6.45, 7) is 2.07. The van der Waals surface area contributed by atoms with Crippen LogP contribution in [0, 0.1) is 5.92 Å². The summed E-state index contributed by atoms with van der Waals surface area (Å²) >= 11 is 0. The highest BCUT2D eigenvalue weighted by atomic mass is 16.6. The van der Waals surface area contributed by atoms with Crippen LogP contribution in [-0.2, 0) is 21.4 Å². The molecule has 26 heavy (non-hydrogen) atoms. The molecule has 3 aliphatic carbocycles. The molecule has 0 aromatic heterocycles. The summed E-state index contributed by atoms with van der Waals surface area (Å²) in [7, 11) is 0. The van der Waals surface area contributed by atoms with E-state index in [1.54, 1.807) is 6.07 Å². The Morgan fingerprint density at radius 2 is 2.08 bits per heavy atom. The number of phenolic OH excluding ortho intramolecular Hbond substituents is 1. The molecule has 5 nitrogen and oxygen atoms in total. The van der Waals surface area contributed by atoms with E-state index >= 15 is 0 Å². The third kappa shape index (κ3) is 1.71. The van der Waals surface area contributed by atoms with Crippen LogP contribution in [0.4, 0.5) is 0 Å². The van der Waals surface area contributed by atoms with Crippen molar-refractivity contribution < 1.29 is 19.7 Å². The number of phenols is 1. The van der Waals surface area contributed by atoms with Crippen molar-refractivity contribution in [1.82, 2.24) is 4.90 Å². The fourth-order valence-electron chi connectivity index (χ4n) is 6.59. The number of esters is 1. The largest absolute Gasteiger partial charge is 0.508 e. The molecular weight excluding hydrogens is 330 g/mol. The Morgan fingerprint density at radius 3 is 2.85 bits per heavy atom. The number of hydrogen-bond acceptors (Lipinski definition) is 5. The summed E-state index contributed by atoms with van der Waals surface area (Å²) in [6, 6.07) is 5.83. The molecule has 3 aliphatic heterocycles. The Balaban J connectivity index is 1.55. The predicted octanol–water partition coefficient (Wildman–Crippen LogP) is 1.88. The molecule has 7 rings (SSSR count). The number of fused-ring (bicyclic) bond motifs is 3. The minimum Gasteiger partial charge on any atom is -0.508 e. The molecule has 1 aromatic rings. The average Bonchev–Trinajstić information content (AvgIpc) is 3.42. The molecule has 6 aliphatic rings. The van der Waals surface area contributed by atoms with Crippen LogP contribution in [0.1, 0.15) is 49.7 Å². The van der Waals surface area contributed by atoms with Gasteiger partial charge in [0.05, 0.1) is 6.04 Å². The molecule has 5 fully saturated rings. The van der Waals surface area contributed by atoms with E-state index in [1.165, 1.54) is 18.4 Å². The van der Waals surface area contributed by atoms with E-state index in [1.807, 2.05) is 12.1 Å². The van der Waals surface area contributed by atoms with Crippen molar-refractivity contribution in [3.05, 3.63) is 29.3 Å². The van der Waals surface area contributed by atoms with Gasteiger partial charge in [0.25, 0.3) is 0 Å². The summed E-state index contributed by atoms with van der Waals surface area (Å²) in [5.74, 6) is 0.619. The molecule has 2 saturated carbocycles. The Morgan fingerprint density at radius 1 is 1.23 bits per heavy atom. The molecule has 0 radical (unpaired) electrons. The molecule has 1 aromatic carbocycles. The van der Waals surface area contributed by atoms with Crippen LogP contribution >= 0.6 is 0 Å². The summed E-state index contributed by atoms with van der Waals surface area (Å²) in [5, 5.41) is 21.1. The Labute approximate surface area is 152 Å². The van der Waals surface area contributed by atoms with Crippen molar-refractivity contribution in [3.8, 4) is 5.75 Å². The van der Waals surface area contributed by atoms with Crippen LogP contribution in [-0.4, -0.2) is 51.4 Å². The monoisotopic (exact) mass is 355 g/mol. The highest BCUT2D eigenvalue weighted by Gasteiger charge is 2.74. The first kappa shape index (κ1) is 15.5. The zero-order chi connectivity index (χ0) is 17.7. The lowest BCUT2D eigenvalue weighted by atomic mass is 9.45. The lowest BCUT2D eigenvalue weighted by Gasteiger charge is -2.69. The van der Waals surface area contributed by atoms with Gasteiger partial charge in [0.15, 0.2) is 5.60 Å². The van der Waals surface area contributed by atoms with E-state index in [4.69, 9.17) is 4.74 Å². The second-order valence-corrected chi connectivity index (χ2v) is 9.32. The van der Waals surface area contributed by atoms with E-state index < -0.39 is 17.2 Å². The van der Waals surface area contributed by atoms with Gasteiger partial charge in [0.2, 0.25) is 0 Å². The molecule has 4 bridgehead atoms. The Hall–Kier alpha value is -1.59. The van der Waals surface area contributed by atoms with Gasteiger partial charge < -0.3 is 14.9 Å². The first-order valence-electron chi connectivity index (χ1n) is 9.98.